The number of carbonyl (C=O) groups excluding carboxylic acids is 1. The number of hydrogen-bond acceptors (Lipinski definition) is 3. The summed E-state index contributed by atoms with van der Waals surface area (Å²) in [6, 6.07) is 0. The predicted molar refractivity (Wildman–Crippen MR) is 64.2 cm³/mol. The third-order valence-electron chi connectivity index (χ3n) is 2.85. The number of halogens is 1. The SMILES string of the molecule is COC(=O)C(Br)CN1CCCC(C)(C)C1. The summed E-state index contributed by atoms with van der Waals surface area (Å²) in [7, 11) is 1.43. The van der Waals surface area contributed by atoms with Crippen LogP contribution in [0.2, 0.25) is 0 Å². The number of hydrogen-bond donors (Lipinski definition) is 0. The number of esters is 1. The van der Waals surface area contributed by atoms with Crippen LogP contribution in [-0.4, -0.2) is 42.4 Å². The lowest BCUT2D eigenvalue weighted by atomic mass is 9.84. The van der Waals surface area contributed by atoms with E-state index < -0.39 is 0 Å². The van der Waals surface area contributed by atoms with Crippen LogP contribution in [0.1, 0.15) is 26.7 Å². The van der Waals surface area contributed by atoms with Gasteiger partial charge in [0, 0.05) is 13.1 Å². The summed E-state index contributed by atoms with van der Waals surface area (Å²) >= 11 is 3.36. The summed E-state index contributed by atoms with van der Waals surface area (Å²) in [6.45, 7) is 7.45. The minimum absolute atomic E-state index is 0.182. The Morgan fingerprint density at radius 1 is 1.60 bits per heavy atom. The third-order valence-corrected chi connectivity index (χ3v) is 3.52. The Bertz CT molecular complexity index is 231. The average Bonchev–Trinajstić information content (AvgIpc) is 2.14. The molecule has 4 heteroatoms. The van der Waals surface area contributed by atoms with Gasteiger partial charge in [0.2, 0.25) is 0 Å². The maximum atomic E-state index is 11.3. The van der Waals surface area contributed by atoms with Crippen LogP contribution < -0.4 is 0 Å². The summed E-state index contributed by atoms with van der Waals surface area (Å²) in [5.74, 6) is -0.182. The van der Waals surface area contributed by atoms with E-state index in [1.807, 2.05) is 0 Å². The minimum atomic E-state index is -0.198. The molecule has 1 aliphatic rings. The van der Waals surface area contributed by atoms with Gasteiger partial charge in [0.05, 0.1) is 7.11 Å². The van der Waals surface area contributed by atoms with Crippen LogP contribution in [0.25, 0.3) is 0 Å². The molecule has 3 nitrogen and oxygen atoms in total. The quantitative estimate of drug-likeness (QED) is 0.584. The molecule has 0 aromatic heterocycles. The molecule has 0 spiro atoms. The summed E-state index contributed by atoms with van der Waals surface area (Å²) in [6.07, 6.45) is 2.49. The van der Waals surface area contributed by atoms with Crippen molar-refractivity contribution in [2.45, 2.75) is 31.5 Å². The van der Waals surface area contributed by atoms with Crippen molar-refractivity contribution < 1.29 is 9.53 Å². The first-order valence-electron chi connectivity index (χ1n) is 5.39. The highest BCUT2D eigenvalue weighted by Gasteiger charge is 2.28. The number of nitrogens with zero attached hydrogens (tertiary/aromatic N) is 1. The number of alkyl halides is 1. The Labute approximate surface area is 100 Å². The normalized spacial score (nSPS) is 23.5. The van der Waals surface area contributed by atoms with Gasteiger partial charge in [-0.15, -0.1) is 0 Å². The fraction of sp³-hybridized carbons (Fsp3) is 0.909. The Hall–Kier alpha value is -0.0900. The zero-order chi connectivity index (χ0) is 11.5. The second-order valence-corrected chi connectivity index (χ2v) is 6.10. The summed E-state index contributed by atoms with van der Waals surface area (Å²) in [5, 5.41) is 0. The molecular weight excluding hydrogens is 258 g/mol. The van der Waals surface area contributed by atoms with E-state index in [4.69, 9.17) is 4.74 Å². The van der Waals surface area contributed by atoms with Gasteiger partial charge in [0.25, 0.3) is 0 Å². The van der Waals surface area contributed by atoms with Crippen molar-refractivity contribution >= 4 is 21.9 Å². The molecule has 15 heavy (non-hydrogen) atoms. The highest BCUT2D eigenvalue weighted by atomic mass is 79.9. The van der Waals surface area contributed by atoms with E-state index in [0.717, 1.165) is 19.6 Å². The standard InChI is InChI=1S/C11H20BrNO2/c1-11(2)5-4-6-13(8-11)7-9(12)10(14)15-3/h9H,4-8H2,1-3H3. The van der Waals surface area contributed by atoms with Crippen molar-refractivity contribution in [2.75, 3.05) is 26.7 Å². The highest BCUT2D eigenvalue weighted by Crippen LogP contribution is 2.28. The van der Waals surface area contributed by atoms with Crippen LogP contribution in [0.15, 0.2) is 0 Å². The van der Waals surface area contributed by atoms with Gasteiger partial charge in [-0.05, 0) is 24.8 Å². The fourth-order valence-electron chi connectivity index (χ4n) is 2.13. The Morgan fingerprint density at radius 3 is 2.80 bits per heavy atom. The molecule has 1 unspecified atom stereocenters. The number of rotatable bonds is 3. The predicted octanol–water partition coefficient (Wildman–Crippen LogP) is 2.04. The van der Waals surface area contributed by atoms with Crippen LogP contribution in [0, 0.1) is 5.41 Å². The molecule has 1 fully saturated rings. The van der Waals surface area contributed by atoms with E-state index in [1.165, 1.54) is 20.0 Å². The lowest BCUT2D eigenvalue weighted by molar-refractivity contribution is -0.140. The van der Waals surface area contributed by atoms with Crippen LogP contribution in [0.5, 0.6) is 0 Å². The molecule has 1 rings (SSSR count). The van der Waals surface area contributed by atoms with Crippen molar-refractivity contribution in [1.82, 2.24) is 4.90 Å². The van der Waals surface area contributed by atoms with Crippen LogP contribution in [0.3, 0.4) is 0 Å². The topological polar surface area (TPSA) is 29.5 Å². The smallest absolute Gasteiger partial charge is 0.320 e. The van der Waals surface area contributed by atoms with Gasteiger partial charge in [-0.3, -0.25) is 4.79 Å². The zero-order valence-electron chi connectivity index (χ0n) is 9.75. The lowest BCUT2D eigenvalue weighted by Gasteiger charge is -2.38. The Morgan fingerprint density at radius 2 is 2.27 bits per heavy atom. The lowest BCUT2D eigenvalue weighted by Crippen LogP contribution is -2.44. The van der Waals surface area contributed by atoms with E-state index in [1.54, 1.807) is 0 Å². The first-order chi connectivity index (χ1) is 6.94. The Balaban J connectivity index is 2.41. The van der Waals surface area contributed by atoms with Gasteiger partial charge < -0.3 is 9.64 Å². The first-order valence-corrected chi connectivity index (χ1v) is 6.30. The van der Waals surface area contributed by atoms with Gasteiger partial charge in [0.15, 0.2) is 0 Å². The van der Waals surface area contributed by atoms with Crippen molar-refractivity contribution in [1.29, 1.82) is 0 Å². The van der Waals surface area contributed by atoms with Gasteiger partial charge in [-0.25, -0.2) is 0 Å². The zero-order valence-corrected chi connectivity index (χ0v) is 11.3. The van der Waals surface area contributed by atoms with E-state index in [2.05, 4.69) is 34.7 Å². The molecule has 0 saturated carbocycles. The van der Waals surface area contributed by atoms with Crippen LogP contribution >= 0.6 is 15.9 Å². The monoisotopic (exact) mass is 277 g/mol. The number of ether oxygens (including phenoxy) is 1. The van der Waals surface area contributed by atoms with Crippen molar-refractivity contribution in [2.24, 2.45) is 5.41 Å². The van der Waals surface area contributed by atoms with Gasteiger partial charge in [0.1, 0.15) is 4.83 Å². The molecule has 1 heterocycles. The van der Waals surface area contributed by atoms with E-state index in [-0.39, 0.29) is 10.8 Å². The molecule has 1 saturated heterocycles. The molecule has 0 aromatic carbocycles. The number of methoxy groups -OCH3 is 1. The molecule has 0 bridgehead atoms. The van der Waals surface area contributed by atoms with Gasteiger partial charge >= 0.3 is 5.97 Å². The molecule has 0 aromatic rings. The second kappa shape index (κ2) is 5.30. The summed E-state index contributed by atoms with van der Waals surface area (Å²) in [4.78, 5) is 13.4. The second-order valence-electron chi connectivity index (χ2n) is 4.99. The Kier molecular flexibility index (Phi) is 4.59. The van der Waals surface area contributed by atoms with Crippen LogP contribution in [0.4, 0.5) is 0 Å². The van der Waals surface area contributed by atoms with E-state index >= 15 is 0 Å². The molecule has 0 amide bonds. The minimum Gasteiger partial charge on any atom is -0.468 e. The first kappa shape index (κ1) is 13.0. The fourth-order valence-corrected chi connectivity index (χ4v) is 2.73. The van der Waals surface area contributed by atoms with Crippen molar-refractivity contribution in [3.8, 4) is 0 Å². The maximum absolute atomic E-state index is 11.3. The van der Waals surface area contributed by atoms with E-state index in [9.17, 15) is 4.79 Å². The molecule has 0 aliphatic carbocycles. The highest BCUT2D eigenvalue weighted by molar-refractivity contribution is 9.10. The number of carbonyl (C=O) groups is 1. The van der Waals surface area contributed by atoms with Crippen LogP contribution in [-0.2, 0) is 9.53 Å². The third kappa shape index (κ3) is 4.11. The van der Waals surface area contributed by atoms with Gasteiger partial charge in [-0.2, -0.15) is 0 Å². The molecule has 1 aliphatic heterocycles. The molecular formula is C11H20BrNO2. The van der Waals surface area contributed by atoms with Gasteiger partial charge in [-0.1, -0.05) is 29.8 Å². The number of piperidine rings is 1. The molecule has 1 atom stereocenters. The summed E-state index contributed by atoms with van der Waals surface area (Å²) in [5.41, 5.74) is 0.376. The number of likely N-dealkylation sites (tertiary alicyclic amines) is 1. The molecule has 0 radical (unpaired) electrons. The van der Waals surface area contributed by atoms with Crippen molar-refractivity contribution in [3.63, 3.8) is 0 Å². The van der Waals surface area contributed by atoms with Crippen molar-refractivity contribution in [3.05, 3.63) is 0 Å². The average molecular weight is 278 g/mol. The molecule has 0 N–H and O–H groups in total. The largest absolute Gasteiger partial charge is 0.468 e. The van der Waals surface area contributed by atoms with E-state index in [0.29, 0.717) is 5.41 Å². The summed E-state index contributed by atoms with van der Waals surface area (Å²) < 4.78 is 4.69. The maximum Gasteiger partial charge on any atom is 0.320 e. The molecule has 88 valence electrons.